The van der Waals surface area contributed by atoms with Crippen LogP contribution in [0.5, 0.6) is 0 Å². The molecule has 0 rings (SSSR count). The zero-order chi connectivity index (χ0) is 15.4. The van der Waals surface area contributed by atoms with Gasteiger partial charge in [0, 0.05) is 32.8 Å². The Morgan fingerprint density at radius 2 is 1.90 bits per heavy atom. The molecule has 122 valence electrons. The van der Waals surface area contributed by atoms with Crippen molar-refractivity contribution in [2.45, 2.75) is 66.3 Å². The van der Waals surface area contributed by atoms with Crippen LogP contribution in [-0.4, -0.2) is 50.8 Å². The summed E-state index contributed by atoms with van der Waals surface area (Å²) in [5.41, 5.74) is 0.362. The maximum absolute atomic E-state index is 5.28. The van der Waals surface area contributed by atoms with Crippen LogP contribution in [0, 0.1) is 5.41 Å². The quantitative estimate of drug-likeness (QED) is 0.524. The first-order chi connectivity index (χ1) is 9.52. The number of rotatable bonds is 13. The SMILES string of the molecule is CCCNCC(C)(CCC)CN(CCOC)C(C)CC. The van der Waals surface area contributed by atoms with Crippen molar-refractivity contribution in [1.29, 1.82) is 0 Å². The predicted octanol–water partition coefficient (Wildman–Crippen LogP) is 3.54. The summed E-state index contributed by atoms with van der Waals surface area (Å²) in [5, 5.41) is 3.62. The Hall–Kier alpha value is -0.120. The Morgan fingerprint density at radius 3 is 2.40 bits per heavy atom. The number of hydrogen-bond acceptors (Lipinski definition) is 3. The zero-order valence-corrected chi connectivity index (χ0v) is 14.8. The lowest BCUT2D eigenvalue weighted by Gasteiger charge is -2.38. The summed E-state index contributed by atoms with van der Waals surface area (Å²) in [7, 11) is 1.79. The standard InChI is InChI=1S/C17H38N2O/c1-7-10-17(5,14-18-11-8-2)15-19(12-13-20-6)16(4)9-3/h16,18H,7-15H2,1-6H3. The van der Waals surface area contributed by atoms with Crippen molar-refractivity contribution in [2.75, 3.05) is 39.9 Å². The molecule has 2 atom stereocenters. The van der Waals surface area contributed by atoms with Gasteiger partial charge in [0.2, 0.25) is 0 Å². The van der Waals surface area contributed by atoms with Crippen molar-refractivity contribution in [3.8, 4) is 0 Å². The van der Waals surface area contributed by atoms with Crippen LogP contribution in [0.3, 0.4) is 0 Å². The molecular weight excluding hydrogens is 248 g/mol. The average Bonchev–Trinajstić information content (AvgIpc) is 2.43. The molecule has 0 aromatic carbocycles. The highest BCUT2D eigenvalue weighted by molar-refractivity contribution is 4.82. The fourth-order valence-corrected chi connectivity index (χ4v) is 2.81. The van der Waals surface area contributed by atoms with E-state index in [4.69, 9.17) is 4.74 Å². The van der Waals surface area contributed by atoms with Crippen LogP contribution in [0.15, 0.2) is 0 Å². The molecule has 0 aromatic rings. The summed E-state index contributed by atoms with van der Waals surface area (Å²) < 4.78 is 5.28. The molecular formula is C17H38N2O. The van der Waals surface area contributed by atoms with E-state index in [1.807, 2.05) is 0 Å². The van der Waals surface area contributed by atoms with Crippen LogP contribution < -0.4 is 5.32 Å². The second-order valence-corrected chi connectivity index (χ2v) is 6.46. The summed E-state index contributed by atoms with van der Waals surface area (Å²) >= 11 is 0. The molecule has 0 bridgehead atoms. The van der Waals surface area contributed by atoms with E-state index in [2.05, 4.69) is 44.8 Å². The van der Waals surface area contributed by atoms with E-state index in [1.54, 1.807) is 7.11 Å². The molecule has 0 aliphatic rings. The Kier molecular flexibility index (Phi) is 11.5. The summed E-state index contributed by atoms with van der Waals surface area (Å²) in [6.07, 6.45) is 4.95. The highest BCUT2D eigenvalue weighted by Crippen LogP contribution is 2.25. The molecule has 0 aliphatic heterocycles. The minimum atomic E-state index is 0.362. The normalized spacial score (nSPS) is 16.4. The summed E-state index contributed by atoms with van der Waals surface area (Å²) in [6, 6.07) is 0.632. The molecule has 0 spiro atoms. The topological polar surface area (TPSA) is 24.5 Å². The van der Waals surface area contributed by atoms with Gasteiger partial charge in [-0.25, -0.2) is 0 Å². The third-order valence-electron chi connectivity index (χ3n) is 4.21. The van der Waals surface area contributed by atoms with E-state index in [1.165, 1.54) is 25.7 Å². The highest BCUT2D eigenvalue weighted by Gasteiger charge is 2.27. The Balaban J connectivity index is 4.60. The van der Waals surface area contributed by atoms with Crippen molar-refractivity contribution in [3.63, 3.8) is 0 Å². The summed E-state index contributed by atoms with van der Waals surface area (Å²) in [5.74, 6) is 0. The fourth-order valence-electron chi connectivity index (χ4n) is 2.81. The van der Waals surface area contributed by atoms with Gasteiger partial charge in [0.05, 0.1) is 6.61 Å². The molecule has 3 heteroatoms. The number of ether oxygens (including phenoxy) is 1. The van der Waals surface area contributed by atoms with Crippen LogP contribution >= 0.6 is 0 Å². The van der Waals surface area contributed by atoms with Crippen molar-refractivity contribution >= 4 is 0 Å². The minimum absolute atomic E-state index is 0.362. The van der Waals surface area contributed by atoms with Gasteiger partial charge in [-0.05, 0) is 38.1 Å². The molecule has 0 amide bonds. The smallest absolute Gasteiger partial charge is 0.0589 e. The van der Waals surface area contributed by atoms with E-state index in [0.717, 1.165) is 32.8 Å². The van der Waals surface area contributed by atoms with E-state index in [0.29, 0.717) is 11.5 Å². The Labute approximate surface area is 127 Å². The van der Waals surface area contributed by atoms with Crippen molar-refractivity contribution in [1.82, 2.24) is 10.2 Å². The van der Waals surface area contributed by atoms with Gasteiger partial charge < -0.3 is 10.1 Å². The Bertz CT molecular complexity index is 223. The minimum Gasteiger partial charge on any atom is -0.383 e. The summed E-state index contributed by atoms with van der Waals surface area (Å²) in [4.78, 5) is 2.60. The molecule has 0 radical (unpaired) electrons. The van der Waals surface area contributed by atoms with E-state index < -0.39 is 0 Å². The number of nitrogens with zero attached hydrogens (tertiary/aromatic N) is 1. The predicted molar refractivity (Wildman–Crippen MR) is 89.4 cm³/mol. The Morgan fingerprint density at radius 1 is 1.20 bits per heavy atom. The van der Waals surface area contributed by atoms with E-state index in [-0.39, 0.29) is 0 Å². The highest BCUT2D eigenvalue weighted by atomic mass is 16.5. The second kappa shape index (κ2) is 11.5. The van der Waals surface area contributed by atoms with Crippen LogP contribution in [0.1, 0.15) is 60.3 Å². The zero-order valence-electron chi connectivity index (χ0n) is 14.8. The molecule has 0 aliphatic carbocycles. The average molecular weight is 287 g/mol. The van der Waals surface area contributed by atoms with Gasteiger partial charge in [-0.2, -0.15) is 0 Å². The lowest BCUT2D eigenvalue weighted by Crippen LogP contribution is -2.46. The largest absolute Gasteiger partial charge is 0.383 e. The molecule has 1 N–H and O–H groups in total. The van der Waals surface area contributed by atoms with Crippen molar-refractivity contribution in [2.24, 2.45) is 5.41 Å². The molecule has 0 heterocycles. The monoisotopic (exact) mass is 286 g/mol. The third-order valence-corrected chi connectivity index (χ3v) is 4.21. The number of nitrogens with one attached hydrogen (secondary N) is 1. The van der Waals surface area contributed by atoms with Gasteiger partial charge in [0.25, 0.3) is 0 Å². The van der Waals surface area contributed by atoms with Crippen LogP contribution in [0.4, 0.5) is 0 Å². The van der Waals surface area contributed by atoms with Crippen LogP contribution in [-0.2, 0) is 4.74 Å². The first-order valence-corrected chi connectivity index (χ1v) is 8.46. The lowest BCUT2D eigenvalue weighted by molar-refractivity contribution is 0.0789. The number of hydrogen-bond donors (Lipinski definition) is 1. The van der Waals surface area contributed by atoms with Crippen molar-refractivity contribution < 1.29 is 4.74 Å². The maximum atomic E-state index is 5.28. The maximum Gasteiger partial charge on any atom is 0.0589 e. The molecule has 20 heavy (non-hydrogen) atoms. The first-order valence-electron chi connectivity index (χ1n) is 8.46. The van der Waals surface area contributed by atoms with Gasteiger partial charge in [0.1, 0.15) is 0 Å². The van der Waals surface area contributed by atoms with E-state index in [9.17, 15) is 0 Å². The van der Waals surface area contributed by atoms with Gasteiger partial charge in [-0.1, -0.05) is 34.1 Å². The van der Waals surface area contributed by atoms with Crippen molar-refractivity contribution in [3.05, 3.63) is 0 Å². The van der Waals surface area contributed by atoms with Crippen LogP contribution in [0.25, 0.3) is 0 Å². The summed E-state index contributed by atoms with van der Waals surface area (Å²) in [6.45, 7) is 16.8. The number of methoxy groups -OCH3 is 1. The third kappa shape index (κ3) is 8.23. The van der Waals surface area contributed by atoms with E-state index >= 15 is 0 Å². The van der Waals surface area contributed by atoms with Gasteiger partial charge in [-0.15, -0.1) is 0 Å². The molecule has 3 nitrogen and oxygen atoms in total. The van der Waals surface area contributed by atoms with Gasteiger partial charge in [-0.3, -0.25) is 4.90 Å². The van der Waals surface area contributed by atoms with Gasteiger partial charge >= 0.3 is 0 Å². The molecule has 0 aromatic heterocycles. The first kappa shape index (κ1) is 19.9. The molecule has 0 saturated heterocycles. The lowest BCUT2D eigenvalue weighted by atomic mass is 9.84. The molecule has 0 fully saturated rings. The van der Waals surface area contributed by atoms with Crippen LogP contribution in [0.2, 0.25) is 0 Å². The van der Waals surface area contributed by atoms with Gasteiger partial charge in [0.15, 0.2) is 0 Å². The molecule has 0 saturated carbocycles. The molecule has 2 unspecified atom stereocenters. The second-order valence-electron chi connectivity index (χ2n) is 6.46. The fraction of sp³-hybridized carbons (Fsp3) is 1.00.